The monoisotopic (exact) mass is 349 g/mol. The molecule has 0 unspecified atom stereocenters. The van der Waals surface area contributed by atoms with E-state index in [-0.39, 0.29) is 11.3 Å². The fraction of sp³-hybridized carbons (Fsp3) is 0.105. The predicted molar refractivity (Wildman–Crippen MR) is 95.6 cm³/mol. The quantitative estimate of drug-likeness (QED) is 0.404. The topological polar surface area (TPSA) is 95.2 Å². The van der Waals surface area contributed by atoms with E-state index in [1.807, 2.05) is 30.3 Å². The summed E-state index contributed by atoms with van der Waals surface area (Å²) < 4.78 is 4.85. The highest BCUT2D eigenvalue weighted by atomic mass is 16.6. The van der Waals surface area contributed by atoms with E-state index in [2.05, 4.69) is 9.97 Å². The molecule has 0 aliphatic carbocycles. The molecule has 26 heavy (non-hydrogen) atoms. The number of nitrogens with zero attached hydrogens (tertiary/aromatic N) is 3. The molecule has 0 N–H and O–H groups in total. The van der Waals surface area contributed by atoms with Gasteiger partial charge in [0.05, 0.1) is 23.4 Å². The van der Waals surface area contributed by atoms with Gasteiger partial charge in [0.15, 0.2) is 5.82 Å². The zero-order chi connectivity index (χ0) is 18.7. The summed E-state index contributed by atoms with van der Waals surface area (Å²) >= 11 is 0. The Bertz CT molecular complexity index is 987. The van der Waals surface area contributed by atoms with Crippen LogP contribution in [0, 0.1) is 17.0 Å². The standard InChI is InChI=1S/C19H15N3O4/c1-12-16(19(23)26-2)17(14-9-6-10-15(11-14)22(24)25)21-18(20-12)13-7-4-3-5-8-13/h3-11H,1-2H3. The number of carbonyl (C=O) groups is 1. The van der Waals surface area contributed by atoms with Gasteiger partial charge in [-0.05, 0) is 6.92 Å². The lowest BCUT2D eigenvalue weighted by molar-refractivity contribution is -0.384. The van der Waals surface area contributed by atoms with Gasteiger partial charge >= 0.3 is 5.97 Å². The van der Waals surface area contributed by atoms with Gasteiger partial charge in [-0.2, -0.15) is 0 Å². The smallest absolute Gasteiger partial charge is 0.341 e. The summed E-state index contributed by atoms with van der Waals surface area (Å²) in [7, 11) is 1.27. The van der Waals surface area contributed by atoms with Crippen molar-refractivity contribution in [3.63, 3.8) is 0 Å². The first-order valence-electron chi connectivity index (χ1n) is 7.78. The highest BCUT2D eigenvalue weighted by Crippen LogP contribution is 2.29. The van der Waals surface area contributed by atoms with Gasteiger partial charge in [0.25, 0.3) is 5.69 Å². The molecule has 1 aromatic heterocycles. The third-order valence-electron chi connectivity index (χ3n) is 3.84. The average molecular weight is 349 g/mol. The maximum absolute atomic E-state index is 12.3. The van der Waals surface area contributed by atoms with Crippen LogP contribution < -0.4 is 0 Å². The van der Waals surface area contributed by atoms with Gasteiger partial charge in [-0.25, -0.2) is 14.8 Å². The second-order valence-electron chi connectivity index (χ2n) is 5.52. The van der Waals surface area contributed by atoms with Crippen molar-refractivity contribution in [1.29, 1.82) is 0 Å². The molecule has 7 heteroatoms. The number of hydrogen-bond donors (Lipinski definition) is 0. The van der Waals surface area contributed by atoms with Crippen LogP contribution in [0.25, 0.3) is 22.6 Å². The number of benzene rings is 2. The number of ether oxygens (including phenoxy) is 1. The fourth-order valence-corrected chi connectivity index (χ4v) is 2.61. The lowest BCUT2D eigenvalue weighted by Crippen LogP contribution is -2.11. The summed E-state index contributed by atoms with van der Waals surface area (Å²) in [6, 6.07) is 15.3. The average Bonchev–Trinajstić information content (AvgIpc) is 2.67. The van der Waals surface area contributed by atoms with Crippen molar-refractivity contribution < 1.29 is 14.5 Å². The summed E-state index contributed by atoms with van der Waals surface area (Å²) in [6.07, 6.45) is 0. The number of nitro groups is 1. The molecule has 0 fully saturated rings. The summed E-state index contributed by atoms with van der Waals surface area (Å²) in [6.45, 7) is 1.68. The van der Waals surface area contributed by atoms with Gasteiger partial charge < -0.3 is 4.74 Å². The molecule has 130 valence electrons. The molecule has 0 aliphatic rings. The van der Waals surface area contributed by atoms with E-state index in [4.69, 9.17) is 4.74 Å². The van der Waals surface area contributed by atoms with Crippen molar-refractivity contribution in [1.82, 2.24) is 9.97 Å². The normalized spacial score (nSPS) is 10.4. The first-order valence-corrected chi connectivity index (χ1v) is 7.78. The van der Waals surface area contributed by atoms with Crippen molar-refractivity contribution in [2.75, 3.05) is 7.11 Å². The van der Waals surface area contributed by atoms with Gasteiger partial charge in [0.2, 0.25) is 0 Å². The van der Waals surface area contributed by atoms with Gasteiger partial charge in [-0.1, -0.05) is 42.5 Å². The molecule has 1 heterocycles. The molecule has 2 aromatic carbocycles. The number of non-ortho nitro benzene ring substituents is 1. The molecule has 0 atom stereocenters. The van der Waals surface area contributed by atoms with Crippen LogP contribution in [0.15, 0.2) is 54.6 Å². The largest absolute Gasteiger partial charge is 0.465 e. The lowest BCUT2D eigenvalue weighted by Gasteiger charge is -2.12. The zero-order valence-corrected chi connectivity index (χ0v) is 14.2. The van der Waals surface area contributed by atoms with Gasteiger partial charge in [0, 0.05) is 23.3 Å². The summed E-state index contributed by atoms with van der Waals surface area (Å²) in [4.78, 5) is 31.8. The van der Waals surface area contributed by atoms with Crippen LogP contribution in [0.5, 0.6) is 0 Å². The van der Waals surface area contributed by atoms with Crippen LogP contribution >= 0.6 is 0 Å². The van der Waals surface area contributed by atoms with Gasteiger partial charge in [0.1, 0.15) is 5.56 Å². The van der Waals surface area contributed by atoms with E-state index in [1.165, 1.54) is 19.2 Å². The maximum Gasteiger partial charge on any atom is 0.341 e. The van der Waals surface area contributed by atoms with Crippen molar-refractivity contribution in [3.05, 3.63) is 76.0 Å². The maximum atomic E-state index is 12.3. The first kappa shape index (κ1) is 17.2. The van der Waals surface area contributed by atoms with Crippen LogP contribution in [0.4, 0.5) is 5.69 Å². The molecule has 0 saturated carbocycles. The Labute approximate surface area is 149 Å². The molecule has 0 saturated heterocycles. The first-order chi connectivity index (χ1) is 12.5. The minimum absolute atomic E-state index is 0.0872. The molecule has 0 aliphatic heterocycles. The summed E-state index contributed by atoms with van der Waals surface area (Å²) in [5.41, 5.74) is 2.06. The zero-order valence-electron chi connectivity index (χ0n) is 14.2. The Hall–Kier alpha value is -3.61. The molecule has 0 spiro atoms. The van der Waals surface area contributed by atoms with Crippen LogP contribution in [0.1, 0.15) is 16.1 Å². The van der Waals surface area contributed by atoms with E-state index in [9.17, 15) is 14.9 Å². The summed E-state index contributed by atoms with van der Waals surface area (Å²) in [5.74, 6) is -0.166. The molecule has 3 aromatic rings. The Balaban J connectivity index is 2.27. The highest BCUT2D eigenvalue weighted by Gasteiger charge is 2.22. The Kier molecular flexibility index (Phi) is 4.70. The Morgan fingerprint density at radius 2 is 1.73 bits per heavy atom. The van der Waals surface area contributed by atoms with E-state index in [0.29, 0.717) is 22.8 Å². The minimum Gasteiger partial charge on any atom is -0.465 e. The lowest BCUT2D eigenvalue weighted by atomic mass is 10.0. The van der Waals surface area contributed by atoms with E-state index >= 15 is 0 Å². The highest BCUT2D eigenvalue weighted by molar-refractivity contribution is 5.97. The Morgan fingerprint density at radius 1 is 1.04 bits per heavy atom. The van der Waals surface area contributed by atoms with Gasteiger partial charge in [-0.15, -0.1) is 0 Å². The molecule has 0 radical (unpaired) electrons. The van der Waals surface area contributed by atoms with E-state index in [1.54, 1.807) is 19.1 Å². The van der Waals surface area contributed by atoms with Crippen molar-refractivity contribution in [3.8, 4) is 22.6 Å². The van der Waals surface area contributed by atoms with Crippen molar-refractivity contribution in [2.24, 2.45) is 0 Å². The molecule has 0 amide bonds. The van der Waals surface area contributed by atoms with Crippen LogP contribution in [-0.2, 0) is 4.74 Å². The van der Waals surface area contributed by atoms with Crippen LogP contribution in [0.3, 0.4) is 0 Å². The third-order valence-corrected chi connectivity index (χ3v) is 3.84. The number of rotatable bonds is 4. The molecule has 7 nitrogen and oxygen atoms in total. The Morgan fingerprint density at radius 3 is 2.38 bits per heavy atom. The number of aromatic nitrogens is 2. The number of carbonyl (C=O) groups excluding carboxylic acids is 1. The van der Waals surface area contributed by atoms with Crippen molar-refractivity contribution >= 4 is 11.7 Å². The number of hydrogen-bond acceptors (Lipinski definition) is 6. The second kappa shape index (κ2) is 7.10. The molecular formula is C19H15N3O4. The van der Waals surface area contributed by atoms with Crippen LogP contribution in [-0.4, -0.2) is 28.0 Å². The van der Waals surface area contributed by atoms with Crippen molar-refractivity contribution in [2.45, 2.75) is 6.92 Å². The van der Waals surface area contributed by atoms with E-state index < -0.39 is 10.9 Å². The number of esters is 1. The van der Waals surface area contributed by atoms with Crippen LogP contribution in [0.2, 0.25) is 0 Å². The SMILES string of the molecule is COC(=O)c1c(C)nc(-c2ccccc2)nc1-c1cccc([N+](=O)[O-])c1. The molecule has 0 bridgehead atoms. The molecule has 3 rings (SSSR count). The van der Waals surface area contributed by atoms with Gasteiger partial charge in [-0.3, -0.25) is 10.1 Å². The fourth-order valence-electron chi connectivity index (χ4n) is 2.61. The second-order valence-corrected chi connectivity index (χ2v) is 5.52. The third kappa shape index (κ3) is 3.27. The minimum atomic E-state index is -0.594. The number of methoxy groups -OCH3 is 1. The van der Waals surface area contributed by atoms with E-state index in [0.717, 1.165) is 5.56 Å². The number of nitro benzene ring substituents is 1. The molecular weight excluding hydrogens is 334 g/mol. The number of aryl methyl sites for hydroxylation is 1. The predicted octanol–water partition coefficient (Wildman–Crippen LogP) is 3.81. The summed E-state index contributed by atoms with van der Waals surface area (Å²) in [5, 5.41) is 11.1.